The molecule has 0 bridgehead atoms. The lowest BCUT2D eigenvalue weighted by Crippen LogP contribution is -2.38. The molecular formula is C20H23ClN2O2. The summed E-state index contributed by atoms with van der Waals surface area (Å²) in [6.45, 7) is 6.26. The second kappa shape index (κ2) is 7.04. The Bertz CT molecular complexity index is 766. The first-order valence-electron chi connectivity index (χ1n) is 8.54. The molecule has 1 heterocycles. The van der Waals surface area contributed by atoms with Gasteiger partial charge >= 0.3 is 6.09 Å². The molecule has 0 unspecified atom stereocenters. The minimum absolute atomic E-state index is 0.347. The van der Waals surface area contributed by atoms with Gasteiger partial charge in [-0.25, -0.2) is 4.79 Å². The lowest BCUT2D eigenvalue weighted by molar-refractivity contribution is 0.0578. The first-order chi connectivity index (χ1) is 11.8. The molecule has 1 aromatic heterocycles. The maximum Gasteiger partial charge on any atom is 0.414 e. The van der Waals surface area contributed by atoms with Gasteiger partial charge in [0.25, 0.3) is 0 Å². The molecule has 0 spiro atoms. The van der Waals surface area contributed by atoms with Crippen LogP contribution in [0, 0.1) is 5.92 Å². The molecule has 3 rings (SSSR count). The Morgan fingerprint density at radius 3 is 2.60 bits per heavy atom. The number of pyridine rings is 1. The summed E-state index contributed by atoms with van der Waals surface area (Å²) in [5, 5.41) is 0.644. The summed E-state index contributed by atoms with van der Waals surface area (Å²) >= 11 is 6.38. The number of carbonyl (C=O) groups excluding carboxylic acids is 1. The molecule has 132 valence electrons. The number of hydrogen-bond acceptors (Lipinski definition) is 3. The molecule has 1 aromatic carbocycles. The van der Waals surface area contributed by atoms with Crippen molar-refractivity contribution in [3.8, 4) is 11.1 Å². The van der Waals surface area contributed by atoms with Crippen LogP contribution < -0.4 is 4.90 Å². The lowest BCUT2D eigenvalue weighted by atomic mass is 10.0. The Kier molecular flexibility index (Phi) is 5.00. The quantitative estimate of drug-likeness (QED) is 0.719. The third kappa shape index (κ3) is 4.51. The number of benzene rings is 1. The minimum Gasteiger partial charge on any atom is -0.443 e. The predicted molar refractivity (Wildman–Crippen MR) is 101 cm³/mol. The van der Waals surface area contributed by atoms with Crippen LogP contribution in [-0.2, 0) is 4.74 Å². The molecular weight excluding hydrogens is 336 g/mol. The van der Waals surface area contributed by atoms with Crippen LogP contribution in [0.25, 0.3) is 11.1 Å². The van der Waals surface area contributed by atoms with Crippen molar-refractivity contribution in [3.05, 3.63) is 47.7 Å². The van der Waals surface area contributed by atoms with Gasteiger partial charge in [0, 0.05) is 28.9 Å². The largest absolute Gasteiger partial charge is 0.443 e. The highest BCUT2D eigenvalue weighted by Crippen LogP contribution is 2.38. The van der Waals surface area contributed by atoms with Gasteiger partial charge in [0.05, 0.1) is 11.9 Å². The zero-order valence-corrected chi connectivity index (χ0v) is 15.6. The average molecular weight is 359 g/mol. The van der Waals surface area contributed by atoms with Crippen LogP contribution in [0.2, 0.25) is 5.02 Å². The topological polar surface area (TPSA) is 42.4 Å². The van der Waals surface area contributed by atoms with Crippen LogP contribution in [-0.4, -0.2) is 23.2 Å². The van der Waals surface area contributed by atoms with Crippen molar-refractivity contribution in [1.29, 1.82) is 0 Å². The molecule has 0 atom stereocenters. The van der Waals surface area contributed by atoms with Crippen molar-refractivity contribution in [3.63, 3.8) is 0 Å². The SMILES string of the molecule is CC(C)(C)OC(=O)N(CC1CC1)c1cnccc1-c1ccccc1Cl. The molecule has 1 amide bonds. The van der Waals surface area contributed by atoms with Gasteiger partial charge in [-0.1, -0.05) is 29.8 Å². The number of rotatable bonds is 4. The van der Waals surface area contributed by atoms with Gasteiger partial charge in [0.2, 0.25) is 0 Å². The van der Waals surface area contributed by atoms with E-state index in [1.807, 2.05) is 51.1 Å². The summed E-state index contributed by atoms with van der Waals surface area (Å²) < 4.78 is 5.63. The van der Waals surface area contributed by atoms with Crippen LogP contribution >= 0.6 is 11.6 Å². The highest BCUT2D eigenvalue weighted by molar-refractivity contribution is 6.33. The summed E-state index contributed by atoms with van der Waals surface area (Å²) in [7, 11) is 0. The lowest BCUT2D eigenvalue weighted by Gasteiger charge is -2.28. The van der Waals surface area contributed by atoms with E-state index in [4.69, 9.17) is 16.3 Å². The van der Waals surface area contributed by atoms with Gasteiger partial charge in [0.1, 0.15) is 5.60 Å². The molecule has 1 aliphatic rings. The van der Waals surface area contributed by atoms with E-state index in [0.717, 1.165) is 29.7 Å². The van der Waals surface area contributed by atoms with Gasteiger partial charge in [-0.05, 0) is 51.7 Å². The summed E-state index contributed by atoms with van der Waals surface area (Å²) in [4.78, 5) is 18.8. The van der Waals surface area contributed by atoms with Crippen LogP contribution in [0.4, 0.5) is 10.5 Å². The molecule has 0 N–H and O–H groups in total. The van der Waals surface area contributed by atoms with Crippen LogP contribution in [0.3, 0.4) is 0 Å². The van der Waals surface area contributed by atoms with Crippen molar-refractivity contribution in [2.45, 2.75) is 39.2 Å². The third-order valence-electron chi connectivity index (χ3n) is 4.01. The minimum atomic E-state index is -0.550. The zero-order chi connectivity index (χ0) is 18.0. The number of ether oxygens (including phenoxy) is 1. The molecule has 4 nitrogen and oxygen atoms in total. The van der Waals surface area contributed by atoms with Crippen molar-refractivity contribution in [2.75, 3.05) is 11.4 Å². The molecule has 1 aliphatic carbocycles. The summed E-state index contributed by atoms with van der Waals surface area (Å²) in [5.74, 6) is 0.520. The first-order valence-corrected chi connectivity index (χ1v) is 8.92. The second-order valence-corrected chi connectivity index (χ2v) is 7.81. The summed E-state index contributed by atoms with van der Waals surface area (Å²) in [6.07, 6.45) is 5.36. The van der Waals surface area contributed by atoms with Gasteiger partial charge in [-0.3, -0.25) is 9.88 Å². The molecule has 0 saturated heterocycles. The Morgan fingerprint density at radius 2 is 1.96 bits per heavy atom. The number of halogens is 1. The van der Waals surface area contributed by atoms with E-state index >= 15 is 0 Å². The fraction of sp³-hybridized carbons (Fsp3) is 0.400. The van der Waals surface area contributed by atoms with E-state index in [9.17, 15) is 4.79 Å². The normalized spacial score (nSPS) is 14.2. The number of nitrogens with zero attached hydrogens (tertiary/aromatic N) is 2. The maximum atomic E-state index is 12.8. The van der Waals surface area contributed by atoms with Crippen LogP contribution in [0.1, 0.15) is 33.6 Å². The van der Waals surface area contributed by atoms with E-state index in [2.05, 4.69) is 4.98 Å². The van der Waals surface area contributed by atoms with E-state index in [1.165, 1.54) is 0 Å². The number of anilines is 1. The summed E-state index contributed by atoms with van der Waals surface area (Å²) in [6, 6.07) is 9.51. The molecule has 0 radical (unpaired) electrons. The zero-order valence-electron chi connectivity index (χ0n) is 14.8. The van der Waals surface area contributed by atoms with E-state index in [-0.39, 0.29) is 6.09 Å². The molecule has 0 aliphatic heterocycles. The highest BCUT2D eigenvalue weighted by atomic mass is 35.5. The van der Waals surface area contributed by atoms with E-state index < -0.39 is 5.60 Å². The van der Waals surface area contributed by atoms with Crippen molar-refractivity contribution in [2.24, 2.45) is 5.92 Å². The Balaban J connectivity index is 2.01. The molecule has 25 heavy (non-hydrogen) atoms. The van der Waals surface area contributed by atoms with Crippen molar-refractivity contribution >= 4 is 23.4 Å². The highest BCUT2D eigenvalue weighted by Gasteiger charge is 2.32. The van der Waals surface area contributed by atoms with Crippen molar-refractivity contribution in [1.82, 2.24) is 4.98 Å². The fourth-order valence-corrected chi connectivity index (χ4v) is 2.89. The van der Waals surface area contributed by atoms with Gasteiger partial charge in [-0.15, -0.1) is 0 Å². The summed E-state index contributed by atoms with van der Waals surface area (Å²) in [5.41, 5.74) is 1.95. The fourth-order valence-electron chi connectivity index (χ4n) is 2.66. The Hall–Kier alpha value is -2.07. The number of hydrogen-bond donors (Lipinski definition) is 0. The number of aromatic nitrogens is 1. The smallest absolute Gasteiger partial charge is 0.414 e. The second-order valence-electron chi connectivity index (χ2n) is 7.41. The van der Waals surface area contributed by atoms with E-state index in [0.29, 0.717) is 17.5 Å². The molecule has 2 aromatic rings. The molecule has 1 fully saturated rings. The van der Waals surface area contributed by atoms with Crippen LogP contribution in [0.5, 0.6) is 0 Å². The molecule has 5 heteroatoms. The number of amides is 1. The van der Waals surface area contributed by atoms with Gasteiger partial charge in [-0.2, -0.15) is 0 Å². The molecule has 1 saturated carbocycles. The standard InChI is InChI=1S/C20H23ClN2O2/c1-20(2,3)25-19(24)23(13-14-8-9-14)18-12-22-11-10-16(18)15-6-4-5-7-17(15)21/h4-7,10-12,14H,8-9,13H2,1-3H3. The van der Waals surface area contributed by atoms with E-state index in [1.54, 1.807) is 17.3 Å². The van der Waals surface area contributed by atoms with Gasteiger partial charge < -0.3 is 4.74 Å². The number of carbonyl (C=O) groups is 1. The Labute approximate surface area is 153 Å². The average Bonchev–Trinajstić information content (AvgIpc) is 3.36. The Morgan fingerprint density at radius 1 is 1.24 bits per heavy atom. The first kappa shape index (κ1) is 17.7. The monoisotopic (exact) mass is 358 g/mol. The maximum absolute atomic E-state index is 12.8. The van der Waals surface area contributed by atoms with Gasteiger partial charge in [0.15, 0.2) is 0 Å². The predicted octanol–water partition coefficient (Wildman–Crippen LogP) is 5.55. The third-order valence-corrected chi connectivity index (χ3v) is 4.34. The van der Waals surface area contributed by atoms with Crippen LogP contribution in [0.15, 0.2) is 42.7 Å². The van der Waals surface area contributed by atoms with Crippen molar-refractivity contribution < 1.29 is 9.53 Å².